The summed E-state index contributed by atoms with van der Waals surface area (Å²) in [6.45, 7) is 6.13. The molecular formula is C25H27N5. The van der Waals surface area contributed by atoms with E-state index in [4.69, 9.17) is 0 Å². The van der Waals surface area contributed by atoms with Crippen LogP contribution in [0.4, 0.5) is 0 Å². The number of aromatic amines is 1. The molecule has 0 radical (unpaired) electrons. The minimum Gasteiger partial charge on any atom is -0.365 e. The Morgan fingerprint density at radius 2 is 2.03 bits per heavy atom. The Labute approximate surface area is 178 Å². The summed E-state index contributed by atoms with van der Waals surface area (Å²) in [5.74, 6) is 0. The van der Waals surface area contributed by atoms with Gasteiger partial charge in [0.05, 0.1) is 17.1 Å². The fourth-order valence-electron chi connectivity index (χ4n) is 5.08. The van der Waals surface area contributed by atoms with Crippen molar-refractivity contribution in [1.82, 2.24) is 20.0 Å². The molecule has 1 aliphatic carbocycles. The highest BCUT2D eigenvalue weighted by atomic mass is 15.3. The molecule has 3 aliphatic rings. The molecule has 152 valence electrons. The first-order valence-corrected chi connectivity index (χ1v) is 10.8. The third-order valence-corrected chi connectivity index (χ3v) is 6.67. The number of H-pyrrole nitrogens is 1. The van der Waals surface area contributed by atoms with Crippen LogP contribution in [0.5, 0.6) is 0 Å². The molecule has 0 saturated carbocycles. The van der Waals surface area contributed by atoms with E-state index in [-0.39, 0.29) is 0 Å². The van der Waals surface area contributed by atoms with Crippen molar-refractivity contribution in [3.05, 3.63) is 77.7 Å². The maximum atomic E-state index is 9.34. The molecule has 2 bridgehead atoms. The predicted octanol–water partition coefficient (Wildman–Crippen LogP) is 4.36. The van der Waals surface area contributed by atoms with Crippen molar-refractivity contribution in [2.24, 2.45) is 0 Å². The van der Waals surface area contributed by atoms with Crippen LogP contribution < -0.4 is 0 Å². The first-order valence-electron chi connectivity index (χ1n) is 10.8. The van der Waals surface area contributed by atoms with Gasteiger partial charge in [-0.25, -0.2) is 0 Å². The molecule has 2 fully saturated rings. The van der Waals surface area contributed by atoms with Crippen molar-refractivity contribution in [2.75, 3.05) is 13.1 Å². The van der Waals surface area contributed by atoms with Gasteiger partial charge in [0.25, 0.3) is 0 Å². The van der Waals surface area contributed by atoms with Crippen LogP contribution in [0.25, 0.3) is 11.3 Å². The molecule has 2 unspecified atom stereocenters. The van der Waals surface area contributed by atoms with Crippen molar-refractivity contribution in [3.63, 3.8) is 0 Å². The highest BCUT2D eigenvalue weighted by Crippen LogP contribution is 2.35. The molecule has 0 amide bonds. The number of piperidine rings is 1. The van der Waals surface area contributed by atoms with E-state index < -0.39 is 0 Å². The van der Waals surface area contributed by atoms with Crippen LogP contribution in [0.2, 0.25) is 0 Å². The Kier molecular flexibility index (Phi) is 4.92. The molecular weight excluding hydrogens is 370 g/mol. The molecule has 1 aromatic heterocycles. The second-order valence-corrected chi connectivity index (χ2v) is 8.48. The Hall–Kier alpha value is -3.26. The number of nitriles is 1. The molecule has 0 spiro atoms. The lowest BCUT2D eigenvalue weighted by Gasteiger charge is -2.34. The van der Waals surface area contributed by atoms with E-state index >= 15 is 0 Å². The maximum absolute atomic E-state index is 9.34. The molecule has 1 N–H and O–H groups in total. The smallest absolute Gasteiger partial charge is 0.179 e. The van der Waals surface area contributed by atoms with Gasteiger partial charge in [0.15, 0.2) is 6.19 Å². The number of aromatic nitrogens is 2. The fourth-order valence-corrected chi connectivity index (χ4v) is 5.08. The van der Waals surface area contributed by atoms with Gasteiger partial charge in [0.1, 0.15) is 0 Å². The number of hydrogen-bond acceptors (Lipinski definition) is 4. The average molecular weight is 398 g/mol. The summed E-state index contributed by atoms with van der Waals surface area (Å²) in [5.41, 5.74) is 6.86. The molecule has 1 aromatic carbocycles. The molecule has 5 rings (SSSR count). The number of fused-ring (bicyclic) bond motifs is 2. The fraction of sp³-hybridized carbons (Fsp3) is 0.360. The molecule has 3 heterocycles. The number of rotatable bonds is 5. The van der Waals surface area contributed by atoms with E-state index in [9.17, 15) is 5.26 Å². The Bertz CT molecular complexity index is 1040. The van der Waals surface area contributed by atoms with Crippen LogP contribution in [0.1, 0.15) is 42.6 Å². The van der Waals surface area contributed by atoms with Crippen molar-refractivity contribution in [2.45, 2.75) is 44.2 Å². The van der Waals surface area contributed by atoms with E-state index in [0.717, 1.165) is 62.3 Å². The lowest BCUT2D eigenvalue weighted by atomic mass is 9.90. The van der Waals surface area contributed by atoms with Crippen LogP contribution >= 0.6 is 0 Å². The standard InChI is InChI=1S/C25H27N5/c1-18(30-12-11-21-14-22(30)16-29(21)17-26)24-15-25(28-27-24)23-10-6-5-9-20(23)13-19-7-3-2-4-8-19/h2-4,7-10,15,21-22H,1,5-6,11-14,16H2,(H,27,28). The first kappa shape index (κ1) is 18.7. The summed E-state index contributed by atoms with van der Waals surface area (Å²) in [6, 6.07) is 13.5. The number of hydrogen-bond donors (Lipinski definition) is 1. The van der Waals surface area contributed by atoms with Crippen LogP contribution in [0, 0.1) is 11.5 Å². The number of allylic oxidation sites excluding steroid dienone is 4. The van der Waals surface area contributed by atoms with Crippen molar-refractivity contribution in [1.29, 1.82) is 5.26 Å². The quantitative estimate of drug-likeness (QED) is 0.762. The van der Waals surface area contributed by atoms with Gasteiger partial charge in [-0.1, -0.05) is 49.1 Å². The maximum Gasteiger partial charge on any atom is 0.179 e. The van der Waals surface area contributed by atoms with Crippen LogP contribution in [-0.4, -0.2) is 45.2 Å². The second-order valence-electron chi connectivity index (χ2n) is 8.48. The van der Waals surface area contributed by atoms with E-state index in [1.54, 1.807) is 0 Å². The predicted molar refractivity (Wildman–Crippen MR) is 119 cm³/mol. The van der Waals surface area contributed by atoms with Crippen LogP contribution in [0.15, 0.2) is 60.7 Å². The average Bonchev–Trinajstić information content (AvgIpc) is 3.39. The van der Waals surface area contributed by atoms with Crippen LogP contribution in [-0.2, 0) is 6.42 Å². The molecule has 5 nitrogen and oxygen atoms in total. The Morgan fingerprint density at radius 3 is 2.87 bits per heavy atom. The zero-order valence-electron chi connectivity index (χ0n) is 17.2. The molecule has 2 aliphatic heterocycles. The molecule has 30 heavy (non-hydrogen) atoms. The largest absolute Gasteiger partial charge is 0.365 e. The lowest BCUT2D eigenvalue weighted by Crippen LogP contribution is -2.38. The molecule has 2 aromatic rings. The van der Waals surface area contributed by atoms with Gasteiger partial charge in [-0.05, 0) is 49.3 Å². The van der Waals surface area contributed by atoms with Crippen LogP contribution in [0.3, 0.4) is 0 Å². The minimum absolute atomic E-state index is 0.366. The summed E-state index contributed by atoms with van der Waals surface area (Å²) in [6.07, 6.45) is 12.1. The zero-order valence-corrected chi connectivity index (χ0v) is 17.2. The van der Waals surface area contributed by atoms with Crippen molar-refractivity contribution >= 4 is 11.3 Å². The highest BCUT2D eigenvalue weighted by Gasteiger charge is 2.40. The number of nitrogens with one attached hydrogen (secondary N) is 1. The third-order valence-electron chi connectivity index (χ3n) is 6.67. The highest BCUT2D eigenvalue weighted by molar-refractivity contribution is 5.79. The van der Waals surface area contributed by atoms with Gasteiger partial charge in [-0.15, -0.1) is 0 Å². The Morgan fingerprint density at radius 1 is 1.20 bits per heavy atom. The van der Waals surface area contributed by atoms with E-state index in [0.29, 0.717) is 12.1 Å². The summed E-state index contributed by atoms with van der Waals surface area (Å²) in [7, 11) is 0. The Balaban J connectivity index is 1.34. The monoisotopic (exact) mass is 397 g/mol. The van der Waals surface area contributed by atoms with E-state index in [2.05, 4.69) is 76.4 Å². The van der Waals surface area contributed by atoms with Gasteiger partial charge in [-0.2, -0.15) is 10.4 Å². The zero-order chi connectivity index (χ0) is 20.5. The number of nitrogens with zero attached hydrogens (tertiary/aromatic N) is 4. The normalized spacial score (nSPS) is 23.0. The minimum atomic E-state index is 0.366. The third kappa shape index (κ3) is 3.43. The number of likely N-dealkylation sites (tertiary alicyclic amines) is 2. The van der Waals surface area contributed by atoms with Crippen molar-refractivity contribution < 1.29 is 0 Å². The van der Waals surface area contributed by atoms with Gasteiger partial charge >= 0.3 is 0 Å². The molecule has 2 saturated heterocycles. The first-order chi connectivity index (χ1) is 14.7. The van der Waals surface area contributed by atoms with E-state index in [1.165, 1.54) is 16.7 Å². The van der Waals surface area contributed by atoms with Gasteiger partial charge in [0.2, 0.25) is 0 Å². The summed E-state index contributed by atoms with van der Waals surface area (Å²) in [4.78, 5) is 4.30. The lowest BCUT2D eigenvalue weighted by molar-refractivity contribution is 0.256. The summed E-state index contributed by atoms with van der Waals surface area (Å²) < 4.78 is 0. The van der Waals surface area contributed by atoms with Gasteiger partial charge < -0.3 is 9.80 Å². The SMILES string of the molecule is C=C(c1cc(C2=CCCC=C2Cc2ccccc2)n[nH]1)N1CCC2CC1CN2C#N. The van der Waals surface area contributed by atoms with Gasteiger partial charge in [-0.3, -0.25) is 5.10 Å². The summed E-state index contributed by atoms with van der Waals surface area (Å²) >= 11 is 0. The number of benzene rings is 1. The van der Waals surface area contributed by atoms with E-state index in [1.807, 2.05) is 4.90 Å². The van der Waals surface area contributed by atoms with Gasteiger partial charge in [0, 0.05) is 30.7 Å². The topological polar surface area (TPSA) is 59.0 Å². The van der Waals surface area contributed by atoms with Crippen molar-refractivity contribution in [3.8, 4) is 6.19 Å². The molecule has 2 atom stereocenters. The molecule has 5 heteroatoms. The second kappa shape index (κ2) is 7.87. The summed E-state index contributed by atoms with van der Waals surface area (Å²) in [5, 5.41) is 17.2.